The fourth-order valence-corrected chi connectivity index (χ4v) is 1.81. The second-order valence-electron chi connectivity index (χ2n) is 3.69. The number of unbranched alkanes of at least 4 members (excludes halogenated alkanes) is 2. The molecule has 1 saturated heterocycles. The summed E-state index contributed by atoms with van der Waals surface area (Å²) in [5.41, 5.74) is 0. The molecule has 1 aliphatic heterocycles. The van der Waals surface area contributed by atoms with Crippen molar-refractivity contribution in [1.82, 2.24) is 4.90 Å². The predicted octanol–water partition coefficient (Wildman–Crippen LogP) is 1.63. The summed E-state index contributed by atoms with van der Waals surface area (Å²) >= 11 is 0. The highest BCUT2D eigenvalue weighted by molar-refractivity contribution is 4.63. The largest absolute Gasteiger partial charge is 0.396 e. The van der Waals surface area contributed by atoms with Crippen molar-refractivity contribution in [1.29, 1.82) is 0 Å². The van der Waals surface area contributed by atoms with Crippen molar-refractivity contribution in [3.63, 3.8) is 0 Å². The Hall–Kier alpha value is -0.0800. The smallest absolute Gasteiger partial charge is 0.0431 e. The van der Waals surface area contributed by atoms with Crippen molar-refractivity contribution in [2.75, 3.05) is 26.2 Å². The third-order valence-electron chi connectivity index (χ3n) is 2.58. The van der Waals surface area contributed by atoms with Crippen LogP contribution in [0.5, 0.6) is 0 Å². The van der Waals surface area contributed by atoms with E-state index in [0.29, 0.717) is 6.61 Å². The van der Waals surface area contributed by atoms with Gasteiger partial charge in [0.05, 0.1) is 0 Å². The molecule has 0 aliphatic carbocycles. The summed E-state index contributed by atoms with van der Waals surface area (Å²) in [6, 6.07) is 0. The summed E-state index contributed by atoms with van der Waals surface area (Å²) in [7, 11) is 0. The molecule has 0 radical (unpaired) electrons. The lowest BCUT2D eigenvalue weighted by molar-refractivity contribution is 0.219. The Morgan fingerprint density at radius 3 is 2.33 bits per heavy atom. The quantitative estimate of drug-likeness (QED) is 0.636. The van der Waals surface area contributed by atoms with Crippen molar-refractivity contribution in [2.45, 2.75) is 38.5 Å². The van der Waals surface area contributed by atoms with Crippen molar-refractivity contribution < 1.29 is 5.11 Å². The van der Waals surface area contributed by atoms with Crippen molar-refractivity contribution in [3.8, 4) is 0 Å². The number of hydrogen-bond acceptors (Lipinski definition) is 2. The van der Waals surface area contributed by atoms with Gasteiger partial charge in [0.2, 0.25) is 0 Å². The van der Waals surface area contributed by atoms with Crippen LogP contribution in [0.3, 0.4) is 0 Å². The van der Waals surface area contributed by atoms with Crippen LogP contribution < -0.4 is 0 Å². The molecule has 2 nitrogen and oxygen atoms in total. The van der Waals surface area contributed by atoms with Gasteiger partial charge in [-0.15, -0.1) is 0 Å². The zero-order valence-corrected chi connectivity index (χ0v) is 7.97. The first-order valence-corrected chi connectivity index (χ1v) is 5.26. The van der Waals surface area contributed by atoms with Crippen molar-refractivity contribution >= 4 is 0 Å². The average molecular weight is 171 g/mol. The number of piperidine rings is 1. The van der Waals surface area contributed by atoms with E-state index in [0.717, 1.165) is 6.42 Å². The number of aliphatic hydroxyl groups excluding tert-OH is 1. The van der Waals surface area contributed by atoms with E-state index in [1.807, 2.05) is 0 Å². The lowest BCUT2D eigenvalue weighted by Crippen LogP contribution is -2.30. The van der Waals surface area contributed by atoms with E-state index in [1.54, 1.807) is 0 Å². The number of aliphatic hydroxyl groups is 1. The van der Waals surface area contributed by atoms with E-state index < -0.39 is 0 Å². The Kier molecular flexibility index (Phi) is 5.37. The molecule has 72 valence electrons. The zero-order valence-electron chi connectivity index (χ0n) is 7.97. The minimum atomic E-state index is 0.361. The van der Waals surface area contributed by atoms with E-state index in [2.05, 4.69) is 4.90 Å². The number of hydrogen-bond donors (Lipinski definition) is 1. The average Bonchev–Trinajstić information content (AvgIpc) is 2.14. The molecule has 0 bridgehead atoms. The van der Waals surface area contributed by atoms with Crippen LogP contribution in [0.1, 0.15) is 38.5 Å². The minimum Gasteiger partial charge on any atom is -0.396 e. The van der Waals surface area contributed by atoms with Crippen molar-refractivity contribution in [2.24, 2.45) is 0 Å². The molecule has 1 N–H and O–H groups in total. The molecule has 1 aliphatic rings. The van der Waals surface area contributed by atoms with Crippen LogP contribution >= 0.6 is 0 Å². The fourth-order valence-electron chi connectivity index (χ4n) is 1.81. The number of likely N-dealkylation sites (tertiary alicyclic amines) is 1. The molecule has 0 aromatic carbocycles. The van der Waals surface area contributed by atoms with Gasteiger partial charge < -0.3 is 10.0 Å². The summed E-state index contributed by atoms with van der Waals surface area (Å²) in [6.45, 7) is 4.22. The first-order valence-electron chi connectivity index (χ1n) is 5.26. The Labute approximate surface area is 75.6 Å². The molecule has 0 atom stereocenters. The third-order valence-corrected chi connectivity index (χ3v) is 2.58. The molecular formula is C10H21NO. The number of nitrogens with zero attached hydrogens (tertiary/aromatic N) is 1. The molecule has 0 saturated carbocycles. The lowest BCUT2D eigenvalue weighted by atomic mass is 10.1. The second-order valence-corrected chi connectivity index (χ2v) is 3.69. The number of rotatable bonds is 5. The monoisotopic (exact) mass is 171 g/mol. The van der Waals surface area contributed by atoms with Gasteiger partial charge >= 0.3 is 0 Å². The molecule has 0 amide bonds. The van der Waals surface area contributed by atoms with Gasteiger partial charge in [-0.25, -0.2) is 0 Å². The van der Waals surface area contributed by atoms with Crippen LogP contribution in [-0.4, -0.2) is 36.2 Å². The molecule has 0 aromatic rings. The fraction of sp³-hybridized carbons (Fsp3) is 1.00. The Morgan fingerprint density at radius 2 is 1.67 bits per heavy atom. The van der Waals surface area contributed by atoms with E-state index in [4.69, 9.17) is 5.11 Å². The van der Waals surface area contributed by atoms with E-state index in [-0.39, 0.29) is 0 Å². The standard InChI is InChI=1S/C10H21NO/c12-10-6-2-5-9-11-7-3-1-4-8-11/h12H,1-10H2. The Morgan fingerprint density at radius 1 is 0.917 bits per heavy atom. The van der Waals surface area contributed by atoms with E-state index in [1.165, 1.54) is 51.7 Å². The second kappa shape index (κ2) is 6.44. The van der Waals surface area contributed by atoms with Gasteiger partial charge in [-0.3, -0.25) is 0 Å². The maximum absolute atomic E-state index is 8.59. The van der Waals surface area contributed by atoms with E-state index >= 15 is 0 Å². The summed E-state index contributed by atoms with van der Waals surface area (Å²) < 4.78 is 0. The topological polar surface area (TPSA) is 23.5 Å². The highest BCUT2D eigenvalue weighted by atomic mass is 16.2. The third kappa shape index (κ3) is 4.07. The molecule has 1 fully saturated rings. The lowest BCUT2D eigenvalue weighted by Gasteiger charge is -2.26. The molecule has 0 unspecified atom stereocenters. The normalized spacial score (nSPS) is 19.8. The maximum atomic E-state index is 8.59. The van der Waals surface area contributed by atoms with Crippen LogP contribution in [-0.2, 0) is 0 Å². The molecule has 2 heteroatoms. The summed E-state index contributed by atoms with van der Waals surface area (Å²) in [5, 5.41) is 8.59. The zero-order chi connectivity index (χ0) is 8.65. The van der Waals surface area contributed by atoms with Crippen LogP contribution in [0.25, 0.3) is 0 Å². The van der Waals surface area contributed by atoms with Gasteiger partial charge in [-0.1, -0.05) is 6.42 Å². The van der Waals surface area contributed by atoms with Gasteiger partial charge in [0.1, 0.15) is 0 Å². The predicted molar refractivity (Wildman–Crippen MR) is 51.2 cm³/mol. The van der Waals surface area contributed by atoms with Gasteiger partial charge in [0.15, 0.2) is 0 Å². The SMILES string of the molecule is OCCCCCN1CCCCC1. The Balaban J connectivity index is 1.91. The van der Waals surface area contributed by atoms with Gasteiger partial charge in [-0.05, 0) is 51.7 Å². The van der Waals surface area contributed by atoms with E-state index in [9.17, 15) is 0 Å². The van der Waals surface area contributed by atoms with Crippen LogP contribution in [0.2, 0.25) is 0 Å². The summed E-state index contributed by atoms with van der Waals surface area (Å²) in [5.74, 6) is 0. The van der Waals surface area contributed by atoms with Crippen LogP contribution in [0.4, 0.5) is 0 Å². The molecule has 0 spiro atoms. The first-order chi connectivity index (χ1) is 5.93. The minimum absolute atomic E-state index is 0.361. The highest BCUT2D eigenvalue weighted by Gasteiger charge is 2.08. The highest BCUT2D eigenvalue weighted by Crippen LogP contribution is 2.09. The summed E-state index contributed by atoms with van der Waals surface area (Å²) in [6.07, 6.45) is 7.63. The molecule has 1 heterocycles. The van der Waals surface area contributed by atoms with Crippen molar-refractivity contribution in [3.05, 3.63) is 0 Å². The van der Waals surface area contributed by atoms with Gasteiger partial charge in [0, 0.05) is 6.61 Å². The molecule has 0 aromatic heterocycles. The summed E-state index contributed by atoms with van der Waals surface area (Å²) in [4.78, 5) is 2.56. The van der Waals surface area contributed by atoms with Gasteiger partial charge in [0.25, 0.3) is 0 Å². The first kappa shape index (κ1) is 10.0. The maximum Gasteiger partial charge on any atom is 0.0431 e. The van der Waals surface area contributed by atoms with Crippen LogP contribution in [0, 0.1) is 0 Å². The molecule has 12 heavy (non-hydrogen) atoms. The van der Waals surface area contributed by atoms with Crippen LogP contribution in [0.15, 0.2) is 0 Å². The molecule has 1 rings (SSSR count). The Bertz CT molecular complexity index is 100. The molecular weight excluding hydrogens is 150 g/mol. The van der Waals surface area contributed by atoms with Gasteiger partial charge in [-0.2, -0.15) is 0 Å².